The van der Waals surface area contributed by atoms with E-state index < -0.39 is 0 Å². The maximum atomic E-state index is 14.2. The zero-order valence-corrected chi connectivity index (χ0v) is 13.4. The molecule has 2 aromatic rings. The first-order valence-corrected chi connectivity index (χ1v) is 7.72. The molecule has 0 radical (unpaired) electrons. The summed E-state index contributed by atoms with van der Waals surface area (Å²) >= 11 is 3.46. The van der Waals surface area contributed by atoms with Crippen LogP contribution in [0.3, 0.4) is 0 Å². The number of hydrogen-bond acceptors (Lipinski definition) is 1. The Kier molecular flexibility index (Phi) is 5.32. The first-order valence-electron chi connectivity index (χ1n) is 6.93. The Bertz CT molecular complexity index is 545. The molecule has 1 unspecified atom stereocenters. The first kappa shape index (κ1) is 15.2. The third-order valence-corrected chi connectivity index (χ3v) is 4.11. The van der Waals surface area contributed by atoms with E-state index in [1.807, 2.05) is 13.0 Å². The average Bonchev–Trinajstić information content (AvgIpc) is 2.46. The number of rotatable bonds is 5. The average molecular weight is 336 g/mol. The smallest absolute Gasteiger partial charge is 0.129 e. The molecule has 1 N–H and O–H groups in total. The summed E-state index contributed by atoms with van der Waals surface area (Å²) in [6.07, 6.45) is 1.01. The van der Waals surface area contributed by atoms with Crippen LogP contribution in [0.15, 0.2) is 46.9 Å². The molecule has 0 aromatic heterocycles. The molecule has 0 heterocycles. The molecule has 20 heavy (non-hydrogen) atoms. The van der Waals surface area contributed by atoms with Crippen molar-refractivity contribution in [2.45, 2.75) is 26.3 Å². The lowest BCUT2D eigenvalue weighted by Gasteiger charge is -2.21. The summed E-state index contributed by atoms with van der Waals surface area (Å²) in [7, 11) is 0. The third-order valence-electron chi connectivity index (χ3n) is 3.42. The molecule has 0 aliphatic rings. The van der Waals surface area contributed by atoms with Gasteiger partial charge in [-0.25, -0.2) is 4.39 Å². The predicted molar refractivity (Wildman–Crippen MR) is 85.4 cm³/mol. The van der Waals surface area contributed by atoms with Crippen molar-refractivity contribution in [1.29, 1.82) is 0 Å². The fraction of sp³-hybridized carbons (Fsp3) is 0.294. The van der Waals surface area contributed by atoms with Gasteiger partial charge in [0.2, 0.25) is 0 Å². The van der Waals surface area contributed by atoms with Crippen LogP contribution in [0.5, 0.6) is 0 Å². The van der Waals surface area contributed by atoms with Crippen molar-refractivity contribution in [2.75, 3.05) is 6.54 Å². The molecule has 0 saturated carbocycles. The molecule has 0 amide bonds. The van der Waals surface area contributed by atoms with Crippen molar-refractivity contribution in [3.63, 3.8) is 0 Å². The van der Waals surface area contributed by atoms with Crippen molar-refractivity contribution in [1.82, 2.24) is 5.32 Å². The monoisotopic (exact) mass is 335 g/mol. The van der Waals surface area contributed by atoms with Gasteiger partial charge in [-0.15, -0.1) is 0 Å². The number of halogens is 2. The van der Waals surface area contributed by atoms with Crippen LogP contribution in [0.4, 0.5) is 4.39 Å². The fourth-order valence-corrected chi connectivity index (χ4v) is 2.89. The van der Waals surface area contributed by atoms with E-state index >= 15 is 0 Å². The van der Waals surface area contributed by atoms with E-state index in [2.05, 4.69) is 52.4 Å². The summed E-state index contributed by atoms with van der Waals surface area (Å²) in [6.45, 7) is 4.94. The van der Waals surface area contributed by atoms with Crippen LogP contribution >= 0.6 is 15.9 Å². The summed E-state index contributed by atoms with van der Waals surface area (Å²) in [5.41, 5.74) is 3.03. The molecule has 2 aromatic carbocycles. The van der Waals surface area contributed by atoms with Gasteiger partial charge >= 0.3 is 0 Å². The minimum absolute atomic E-state index is 0.138. The zero-order chi connectivity index (χ0) is 14.5. The summed E-state index contributed by atoms with van der Waals surface area (Å²) in [4.78, 5) is 0. The van der Waals surface area contributed by atoms with Gasteiger partial charge in [0, 0.05) is 10.0 Å². The molecule has 1 nitrogen and oxygen atoms in total. The van der Waals surface area contributed by atoms with Gasteiger partial charge in [-0.2, -0.15) is 0 Å². The molecule has 0 saturated heterocycles. The van der Waals surface area contributed by atoms with Gasteiger partial charge in [-0.3, -0.25) is 0 Å². The molecule has 3 heteroatoms. The van der Waals surface area contributed by atoms with E-state index in [1.54, 1.807) is 6.07 Å². The van der Waals surface area contributed by atoms with E-state index in [-0.39, 0.29) is 11.9 Å². The van der Waals surface area contributed by atoms with Crippen LogP contribution in [0.1, 0.15) is 36.6 Å². The summed E-state index contributed by atoms with van der Waals surface area (Å²) in [5, 5.41) is 3.36. The Morgan fingerprint density at radius 3 is 2.35 bits per heavy atom. The standard InChI is InChI=1S/C17H19BrFN/c1-3-12-8-10-13(11-9-12)17(20-4-2)16-14(18)6-5-7-15(16)19/h5-11,17,20H,3-4H2,1-2H3. The number of hydrogen-bond donors (Lipinski definition) is 1. The molecular weight excluding hydrogens is 317 g/mol. The summed E-state index contributed by atoms with van der Waals surface area (Å²) in [5.74, 6) is -0.190. The minimum atomic E-state index is -0.190. The molecular formula is C17H19BrFN. The molecule has 2 rings (SSSR count). The molecule has 0 aliphatic carbocycles. The fourth-order valence-electron chi connectivity index (χ4n) is 2.32. The quantitative estimate of drug-likeness (QED) is 0.823. The molecule has 0 aliphatic heterocycles. The van der Waals surface area contributed by atoms with Gasteiger partial charge < -0.3 is 5.32 Å². The Morgan fingerprint density at radius 2 is 1.80 bits per heavy atom. The highest BCUT2D eigenvalue weighted by molar-refractivity contribution is 9.10. The topological polar surface area (TPSA) is 12.0 Å². The van der Waals surface area contributed by atoms with Crippen molar-refractivity contribution >= 4 is 15.9 Å². The van der Waals surface area contributed by atoms with Crippen molar-refractivity contribution in [2.24, 2.45) is 0 Å². The van der Waals surface area contributed by atoms with E-state index in [4.69, 9.17) is 0 Å². The maximum absolute atomic E-state index is 14.2. The SMILES string of the molecule is CCNC(c1ccc(CC)cc1)c1c(F)cccc1Br. The van der Waals surface area contributed by atoms with Crippen LogP contribution in [0, 0.1) is 5.82 Å². The van der Waals surface area contributed by atoms with E-state index in [9.17, 15) is 4.39 Å². The normalized spacial score (nSPS) is 12.4. The first-order chi connectivity index (χ1) is 9.67. The number of nitrogens with one attached hydrogen (secondary N) is 1. The lowest BCUT2D eigenvalue weighted by atomic mass is 9.97. The second-order valence-corrected chi connectivity index (χ2v) is 5.58. The highest BCUT2D eigenvalue weighted by Gasteiger charge is 2.19. The number of benzene rings is 2. The van der Waals surface area contributed by atoms with E-state index in [0.29, 0.717) is 5.56 Å². The maximum Gasteiger partial charge on any atom is 0.129 e. The Balaban J connectivity index is 2.44. The van der Waals surface area contributed by atoms with Crippen LogP contribution < -0.4 is 5.32 Å². The van der Waals surface area contributed by atoms with Crippen molar-refractivity contribution in [3.05, 3.63) is 69.4 Å². The largest absolute Gasteiger partial charge is 0.306 e. The van der Waals surface area contributed by atoms with Gasteiger partial charge in [-0.05, 0) is 36.2 Å². The second-order valence-electron chi connectivity index (χ2n) is 4.72. The molecule has 106 valence electrons. The molecule has 0 spiro atoms. The number of aryl methyl sites for hydroxylation is 1. The molecule has 0 bridgehead atoms. The predicted octanol–water partition coefficient (Wildman–Crippen LogP) is 4.85. The van der Waals surface area contributed by atoms with Crippen LogP contribution in [0.2, 0.25) is 0 Å². The van der Waals surface area contributed by atoms with Crippen LogP contribution in [0.25, 0.3) is 0 Å². The van der Waals surface area contributed by atoms with Crippen molar-refractivity contribution < 1.29 is 4.39 Å². The third kappa shape index (κ3) is 3.28. The lowest BCUT2D eigenvalue weighted by Crippen LogP contribution is -2.23. The molecule has 0 fully saturated rings. The summed E-state index contributed by atoms with van der Waals surface area (Å²) < 4.78 is 15.0. The van der Waals surface area contributed by atoms with E-state index in [0.717, 1.165) is 23.0 Å². The Morgan fingerprint density at radius 1 is 1.10 bits per heavy atom. The second kappa shape index (κ2) is 7.00. The summed E-state index contributed by atoms with van der Waals surface area (Å²) in [6, 6.07) is 13.3. The lowest BCUT2D eigenvalue weighted by molar-refractivity contribution is 0.556. The Labute approximate surface area is 128 Å². The highest BCUT2D eigenvalue weighted by Crippen LogP contribution is 2.31. The van der Waals surface area contributed by atoms with Crippen LogP contribution in [-0.4, -0.2) is 6.54 Å². The van der Waals surface area contributed by atoms with Gasteiger partial charge in [-0.1, -0.05) is 60.1 Å². The zero-order valence-electron chi connectivity index (χ0n) is 11.8. The highest BCUT2D eigenvalue weighted by atomic mass is 79.9. The van der Waals surface area contributed by atoms with Gasteiger partial charge in [0.05, 0.1) is 6.04 Å². The van der Waals surface area contributed by atoms with E-state index in [1.165, 1.54) is 11.6 Å². The minimum Gasteiger partial charge on any atom is -0.306 e. The van der Waals surface area contributed by atoms with Crippen molar-refractivity contribution in [3.8, 4) is 0 Å². The van der Waals surface area contributed by atoms with Gasteiger partial charge in [0.25, 0.3) is 0 Å². The van der Waals surface area contributed by atoms with Gasteiger partial charge in [0.15, 0.2) is 0 Å². The van der Waals surface area contributed by atoms with Gasteiger partial charge in [0.1, 0.15) is 5.82 Å². The van der Waals surface area contributed by atoms with Crippen LogP contribution in [-0.2, 0) is 6.42 Å². The Hall–Kier alpha value is -1.19. The molecule has 1 atom stereocenters.